The van der Waals surface area contributed by atoms with Gasteiger partial charge >= 0.3 is 0 Å². The van der Waals surface area contributed by atoms with Gasteiger partial charge in [0.15, 0.2) is 0 Å². The summed E-state index contributed by atoms with van der Waals surface area (Å²) in [6.45, 7) is 6.74. The van der Waals surface area contributed by atoms with Crippen LogP contribution in [0.3, 0.4) is 0 Å². The highest BCUT2D eigenvalue weighted by Crippen LogP contribution is 2.35. The summed E-state index contributed by atoms with van der Waals surface area (Å²) in [6, 6.07) is 8.39. The van der Waals surface area contributed by atoms with E-state index in [1.54, 1.807) is 0 Å². The van der Waals surface area contributed by atoms with Gasteiger partial charge in [0.1, 0.15) is 11.8 Å². The van der Waals surface area contributed by atoms with Crippen molar-refractivity contribution in [3.05, 3.63) is 57.3 Å². The molecule has 5 heterocycles. The van der Waals surface area contributed by atoms with Gasteiger partial charge in [0, 0.05) is 56.1 Å². The topological polar surface area (TPSA) is 68.1 Å². The van der Waals surface area contributed by atoms with E-state index in [4.69, 9.17) is 5.26 Å². The summed E-state index contributed by atoms with van der Waals surface area (Å²) in [4.78, 5) is 21.0. The number of nitrogens with one attached hydrogen (secondary N) is 1. The van der Waals surface area contributed by atoms with Gasteiger partial charge in [-0.3, -0.25) is 14.6 Å². The van der Waals surface area contributed by atoms with Crippen molar-refractivity contribution in [1.29, 1.82) is 5.26 Å². The Hall–Kier alpha value is -2.36. The smallest absolute Gasteiger partial charge is 0.255 e. The number of likely N-dealkylation sites (tertiary alicyclic amines) is 2. The summed E-state index contributed by atoms with van der Waals surface area (Å²) in [7, 11) is 0. The fourth-order valence-corrected chi connectivity index (χ4v) is 5.37. The molecular formula is C22H27N5O. The number of hydrogen-bond acceptors (Lipinski definition) is 4. The monoisotopic (exact) mass is 377 g/mol. The molecular weight excluding hydrogens is 350 g/mol. The summed E-state index contributed by atoms with van der Waals surface area (Å²) in [5, 5.41) is 9.01. The predicted molar refractivity (Wildman–Crippen MR) is 107 cm³/mol. The Morgan fingerprint density at radius 2 is 1.96 bits per heavy atom. The molecule has 146 valence electrons. The van der Waals surface area contributed by atoms with E-state index >= 15 is 0 Å². The Morgan fingerprint density at radius 1 is 1.11 bits per heavy atom. The average molecular weight is 377 g/mol. The summed E-state index contributed by atoms with van der Waals surface area (Å²) in [5.41, 5.74) is 4.18. The van der Waals surface area contributed by atoms with Gasteiger partial charge in [-0.25, -0.2) is 0 Å². The zero-order chi connectivity index (χ0) is 19.1. The zero-order valence-corrected chi connectivity index (χ0v) is 16.2. The second-order valence-electron chi connectivity index (χ2n) is 8.71. The Morgan fingerprint density at radius 3 is 2.75 bits per heavy atom. The van der Waals surface area contributed by atoms with Gasteiger partial charge in [0.2, 0.25) is 0 Å². The lowest BCUT2D eigenvalue weighted by atomic mass is 9.83. The first-order valence-corrected chi connectivity index (χ1v) is 10.4. The maximum atomic E-state index is 13.1. The van der Waals surface area contributed by atoms with Crippen molar-refractivity contribution in [2.75, 3.05) is 26.2 Å². The van der Waals surface area contributed by atoms with Crippen LogP contribution in [0.5, 0.6) is 0 Å². The maximum Gasteiger partial charge on any atom is 0.255 e. The molecule has 0 aromatic carbocycles. The Balaban J connectivity index is 1.34. The number of pyridine rings is 1. The van der Waals surface area contributed by atoms with Crippen molar-refractivity contribution >= 4 is 0 Å². The average Bonchev–Trinajstić information content (AvgIpc) is 3.36. The van der Waals surface area contributed by atoms with Crippen molar-refractivity contribution in [3.8, 4) is 6.07 Å². The summed E-state index contributed by atoms with van der Waals surface area (Å²) < 4.78 is 2.08. The lowest BCUT2D eigenvalue weighted by Crippen LogP contribution is -2.47. The molecule has 1 N–H and O–H groups in total. The molecule has 2 fully saturated rings. The molecule has 0 saturated carbocycles. The number of nitrogens with zero attached hydrogens (tertiary/aromatic N) is 4. The van der Waals surface area contributed by atoms with E-state index in [2.05, 4.69) is 37.6 Å². The molecule has 28 heavy (non-hydrogen) atoms. The summed E-state index contributed by atoms with van der Waals surface area (Å²) in [6.07, 6.45) is 5.62. The fraction of sp³-hybridized carbons (Fsp3) is 0.545. The van der Waals surface area contributed by atoms with E-state index in [1.807, 2.05) is 12.3 Å². The molecule has 0 radical (unpaired) electrons. The van der Waals surface area contributed by atoms with Gasteiger partial charge in [0.25, 0.3) is 5.56 Å². The minimum absolute atomic E-state index is 0.233. The molecule has 2 aromatic heterocycles. The van der Waals surface area contributed by atoms with Crippen LogP contribution >= 0.6 is 0 Å². The first-order chi connectivity index (χ1) is 13.7. The number of aromatic amines is 1. The predicted octanol–water partition coefficient (Wildman–Crippen LogP) is 2.26. The normalized spacial score (nSPS) is 24.8. The van der Waals surface area contributed by atoms with Crippen molar-refractivity contribution < 1.29 is 0 Å². The van der Waals surface area contributed by atoms with Gasteiger partial charge in [-0.2, -0.15) is 5.26 Å². The van der Waals surface area contributed by atoms with E-state index in [1.165, 1.54) is 25.0 Å². The first-order valence-electron chi connectivity index (χ1n) is 10.4. The lowest BCUT2D eigenvalue weighted by molar-refractivity contribution is 0.114. The van der Waals surface area contributed by atoms with Gasteiger partial charge in [-0.1, -0.05) is 6.07 Å². The molecule has 0 aliphatic carbocycles. The maximum absolute atomic E-state index is 13.1. The van der Waals surface area contributed by atoms with Crippen LogP contribution in [0, 0.1) is 17.2 Å². The summed E-state index contributed by atoms with van der Waals surface area (Å²) >= 11 is 0. The third kappa shape index (κ3) is 3.30. The standard InChI is InChI=1S/C22H27N5O/c23-9-20-8-16(10-24-20)11-26-12-17-7-19(15-26)21-4-3-18(22(28)27(21)13-17)14-25-5-1-2-6-25/h3-4,8,10,17,19,24H,1-2,5-7,11-15H2/t17-,19+/m0/s1. The molecule has 0 unspecified atom stereocenters. The molecule has 2 atom stereocenters. The highest BCUT2D eigenvalue weighted by Gasteiger charge is 2.35. The van der Waals surface area contributed by atoms with Crippen LogP contribution in [-0.4, -0.2) is 45.5 Å². The molecule has 5 rings (SSSR count). The van der Waals surface area contributed by atoms with E-state index in [-0.39, 0.29) is 5.56 Å². The molecule has 0 spiro atoms. The van der Waals surface area contributed by atoms with Crippen molar-refractivity contribution in [2.45, 2.75) is 44.8 Å². The zero-order valence-electron chi connectivity index (χ0n) is 16.2. The first kappa shape index (κ1) is 17.7. The molecule has 6 heteroatoms. The molecule has 0 amide bonds. The van der Waals surface area contributed by atoms with Crippen molar-refractivity contribution in [3.63, 3.8) is 0 Å². The second-order valence-corrected chi connectivity index (χ2v) is 8.71. The highest BCUT2D eigenvalue weighted by atomic mass is 16.1. The number of rotatable bonds is 4. The minimum Gasteiger partial charge on any atom is -0.353 e. The summed E-state index contributed by atoms with van der Waals surface area (Å²) in [5.74, 6) is 0.954. The van der Waals surface area contributed by atoms with Crippen molar-refractivity contribution in [2.24, 2.45) is 5.92 Å². The number of piperidine rings is 1. The van der Waals surface area contributed by atoms with Crippen LogP contribution in [-0.2, 0) is 19.6 Å². The van der Waals surface area contributed by atoms with Gasteiger partial charge in [-0.05, 0) is 56.0 Å². The number of nitriles is 1. The quantitative estimate of drug-likeness (QED) is 0.888. The minimum atomic E-state index is 0.233. The van der Waals surface area contributed by atoms with Crippen LogP contribution in [0.1, 0.15) is 47.7 Å². The van der Waals surface area contributed by atoms with Crippen LogP contribution in [0.4, 0.5) is 0 Å². The van der Waals surface area contributed by atoms with E-state index in [0.717, 1.165) is 56.9 Å². The van der Waals surface area contributed by atoms with Crippen LogP contribution < -0.4 is 5.56 Å². The molecule has 3 aliphatic heterocycles. The Labute approximate surface area is 165 Å². The van der Waals surface area contributed by atoms with Gasteiger partial charge in [-0.15, -0.1) is 0 Å². The van der Waals surface area contributed by atoms with Crippen LogP contribution in [0.25, 0.3) is 0 Å². The number of aromatic nitrogens is 2. The number of fused-ring (bicyclic) bond motifs is 4. The largest absolute Gasteiger partial charge is 0.353 e. The van der Waals surface area contributed by atoms with Crippen LogP contribution in [0.15, 0.2) is 29.2 Å². The fourth-order valence-electron chi connectivity index (χ4n) is 5.37. The van der Waals surface area contributed by atoms with E-state index in [0.29, 0.717) is 17.5 Å². The molecule has 3 aliphatic rings. The van der Waals surface area contributed by atoms with E-state index < -0.39 is 0 Å². The van der Waals surface area contributed by atoms with Gasteiger partial charge < -0.3 is 9.55 Å². The third-order valence-electron chi connectivity index (χ3n) is 6.62. The van der Waals surface area contributed by atoms with Gasteiger partial charge in [0.05, 0.1) is 0 Å². The molecule has 6 nitrogen and oxygen atoms in total. The number of H-pyrrole nitrogens is 1. The SMILES string of the molecule is N#Cc1cc(CN2C[C@@H]3C[C@H](C2)c2ccc(CN4CCCC4)c(=O)n2C3)c[nH]1. The second kappa shape index (κ2) is 7.23. The third-order valence-corrected chi connectivity index (χ3v) is 6.62. The van der Waals surface area contributed by atoms with E-state index in [9.17, 15) is 4.79 Å². The molecule has 2 saturated heterocycles. The van der Waals surface area contributed by atoms with Crippen LogP contribution in [0.2, 0.25) is 0 Å². The lowest BCUT2D eigenvalue weighted by Gasteiger charge is -2.43. The van der Waals surface area contributed by atoms with Crippen molar-refractivity contribution in [1.82, 2.24) is 19.4 Å². The Kier molecular flexibility index (Phi) is 4.58. The Bertz CT molecular complexity index is 962. The highest BCUT2D eigenvalue weighted by molar-refractivity contribution is 5.27. The molecule has 2 aromatic rings. The molecule has 2 bridgehead atoms. The number of hydrogen-bond donors (Lipinski definition) is 1.